The van der Waals surface area contributed by atoms with Crippen LogP contribution in [-0.4, -0.2) is 96.6 Å². The van der Waals surface area contributed by atoms with Gasteiger partial charge in [0.15, 0.2) is 0 Å². The average molecular weight is 507 g/mol. The summed E-state index contributed by atoms with van der Waals surface area (Å²) in [6.07, 6.45) is 3.70. The molecule has 0 aromatic heterocycles. The fourth-order valence-electron chi connectivity index (χ4n) is 9.00. The van der Waals surface area contributed by atoms with Crippen LogP contribution in [0, 0.1) is 33.5 Å². The van der Waals surface area contributed by atoms with Crippen LogP contribution in [0.25, 0.3) is 0 Å². The lowest BCUT2D eigenvalue weighted by Gasteiger charge is -2.43. The van der Waals surface area contributed by atoms with Crippen molar-refractivity contribution in [1.29, 1.82) is 0 Å². The maximum Gasteiger partial charge on any atom is 0.232 e. The molecule has 8 heteroatoms. The van der Waals surface area contributed by atoms with E-state index in [1.807, 2.05) is 9.80 Å². The fraction of sp³-hybridized carbons (Fsp3) is 0.929. The monoisotopic (exact) mass is 506 g/mol. The van der Waals surface area contributed by atoms with E-state index in [-0.39, 0.29) is 22.6 Å². The number of rotatable bonds is 2. The van der Waals surface area contributed by atoms with Crippen LogP contribution in [0.1, 0.15) is 66.2 Å². The van der Waals surface area contributed by atoms with E-state index < -0.39 is 23.0 Å². The summed E-state index contributed by atoms with van der Waals surface area (Å²) in [4.78, 5) is 31.4. The number of carbonyl (C=O) groups is 2. The third-order valence-electron chi connectivity index (χ3n) is 11.6. The Hall–Kier alpha value is -1.22. The molecule has 2 N–H and O–H groups in total. The quantitative estimate of drug-likeness (QED) is 0.595. The summed E-state index contributed by atoms with van der Waals surface area (Å²) in [6.45, 7) is 11.9. The molecule has 4 saturated carbocycles. The van der Waals surface area contributed by atoms with Gasteiger partial charge >= 0.3 is 0 Å². The van der Waals surface area contributed by atoms with Crippen molar-refractivity contribution in [2.75, 3.05) is 52.6 Å². The molecule has 5 fully saturated rings. The number of amides is 2. The zero-order valence-electron chi connectivity index (χ0n) is 22.6. The molecule has 1 heterocycles. The molecular formula is C28H46N2O6. The Morgan fingerprint density at radius 2 is 1.00 bits per heavy atom. The van der Waals surface area contributed by atoms with Crippen LogP contribution in [0.5, 0.6) is 0 Å². The molecule has 1 aliphatic heterocycles. The second kappa shape index (κ2) is 9.21. The molecule has 0 radical (unpaired) electrons. The van der Waals surface area contributed by atoms with Crippen molar-refractivity contribution in [2.24, 2.45) is 33.5 Å². The number of fused-ring (bicyclic) bond motifs is 4. The lowest BCUT2D eigenvalue weighted by molar-refractivity contribution is -0.157. The molecule has 2 amide bonds. The molecule has 36 heavy (non-hydrogen) atoms. The van der Waals surface area contributed by atoms with E-state index in [9.17, 15) is 19.8 Å². The highest BCUT2D eigenvalue weighted by atomic mass is 16.5. The van der Waals surface area contributed by atoms with Crippen LogP contribution in [0.4, 0.5) is 0 Å². The molecular weight excluding hydrogens is 460 g/mol. The van der Waals surface area contributed by atoms with E-state index >= 15 is 0 Å². The number of carbonyl (C=O) groups excluding carboxylic acids is 2. The predicted octanol–water partition coefficient (Wildman–Crippen LogP) is 2.06. The SMILES string of the molecule is CC1(C)[C@@H]2CC[C@@]1(C(=O)N1CCOCCN(C(=O)[C@]34CC[C@H](C[C@H]3O)C4(C)C)CCOCC1)[C@H](O)C2. The first-order chi connectivity index (χ1) is 17.0. The molecule has 0 aromatic carbocycles. The number of nitrogens with zero attached hydrogens (tertiary/aromatic N) is 2. The van der Waals surface area contributed by atoms with Gasteiger partial charge < -0.3 is 29.5 Å². The Morgan fingerprint density at radius 1 is 0.667 bits per heavy atom. The maximum absolute atomic E-state index is 13.9. The van der Waals surface area contributed by atoms with Crippen LogP contribution >= 0.6 is 0 Å². The number of aliphatic hydroxyl groups is 2. The van der Waals surface area contributed by atoms with Gasteiger partial charge in [-0.1, -0.05) is 27.7 Å². The second-order valence-corrected chi connectivity index (χ2v) is 13.2. The number of ether oxygens (including phenoxy) is 2. The van der Waals surface area contributed by atoms with Gasteiger partial charge in [-0.25, -0.2) is 0 Å². The molecule has 5 aliphatic rings. The standard InChI is InChI=1S/C28H46N2O6/c1-25(2)19-5-7-27(25,21(31)17-19)23(33)29-9-13-35-15-11-30(12-16-36-14-10-29)24(34)28-8-6-20(18-22(28)32)26(28,3)4/h19-22,31-32H,5-18H2,1-4H3/t19-,20-,21-,22-,27+,28+/m1/s1. The van der Waals surface area contributed by atoms with Gasteiger partial charge in [0.25, 0.3) is 0 Å². The highest BCUT2D eigenvalue weighted by Gasteiger charge is 2.69. The van der Waals surface area contributed by atoms with Crippen molar-refractivity contribution in [3.8, 4) is 0 Å². The topological polar surface area (TPSA) is 99.5 Å². The van der Waals surface area contributed by atoms with E-state index in [0.29, 0.717) is 77.3 Å². The summed E-state index contributed by atoms with van der Waals surface area (Å²) in [7, 11) is 0. The van der Waals surface area contributed by atoms with Crippen LogP contribution in [0.15, 0.2) is 0 Å². The van der Waals surface area contributed by atoms with Gasteiger partial charge in [0.2, 0.25) is 11.8 Å². The summed E-state index contributed by atoms with van der Waals surface area (Å²) < 4.78 is 11.9. The van der Waals surface area contributed by atoms with E-state index in [4.69, 9.17) is 9.47 Å². The molecule has 1 saturated heterocycles. The molecule has 4 aliphatic carbocycles. The Balaban J connectivity index is 1.23. The second-order valence-electron chi connectivity index (χ2n) is 13.2. The Bertz CT molecular complexity index is 794. The minimum atomic E-state index is -0.717. The summed E-state index contributed by atoms with van der Waals surface area (Å²) in [5, 5.41) is 21.8. The summed E-state index contributed by atoms with van der Waals surface area (Å²) in [6, 6.07) is 0. The van der Waals surface area contributed by atoms with Crippen LogP contribution in [0.2, 0.25) is 0 Å². The van der Waals surface area contributed by atoms with Gasteiger partial charge in [-0.3, -0.25) is 9.59 Å². The molecule has 204 valence electrons. The van der Waals surface area contributed by atoms with Crippen molar-refractivity contribution in [1.82, 2.24) is 9.80 Å². The zero-order valence-corrected chi connectivity index (χ0v) is 22.6. The van der Waals surface area contributed by atoms with Crippen LogP contribution in [0.3, 0.4) is 0 Å². The van der Waals surface area contributed by atoms with Gasteiger partial charge in [0.05, 0.1) is 49.5 Å². The normalized spacial score (nSPS) is 42.3. The van der Waals surface area contributed by atoms with Crippen molar-refractivity contribution in [3.05, 3.63) is 0 Å². The van der Waals surface area contributed by atoms with E-state index in [1.165, 1.54) is 0 Å². The van der Waals surface area contributed by atoms with E-state index in [2.05, 4.69) is 27.7 Å². The van der Waals surface area contributed by atoms with Crippen molar-refractivity contribution in [3.63, 3.8) is 0 Å². The third-order valence-corrected chi connectivity index (χ3v) is 11.6. The minimum absolute atomic E-state index is 0.0356. The van der Waals surface area contributed by atoms with Crippen molar-refractivity contribution < 1.29 is 29.3 Å². The minimum Gasteiger partial charge on any atom is -0.392 e. The molecule has 4 bridgehead atoms. The molecule has 8 nitrogen and oxygen atoms in total. The largest absolute Gasteiger partial charge is 0.392 e. The van der Waals surface area contributed by atoms with Gasteiger partial charge in [0, 0.05) is 26.2 Å². The lowest BCUT2D eigenvalue weighted by atomic mass is 9.67. The average Bonchev–Trinajstić information content (AvgIpc) is 3.38. The van der Waals surface area contributed by atoms with Gasteiger partial charge in [-0.05, 0) is 61.2 Å². The first kappa shape index (κ1) is 26.4. The summed E-state index contributed by atoms with van der Waals surface area (Å²) in [5.74, 6) is 0.845. The molecule has 5 rings (SSSR count). The van der Waals surface area contributed by atoms with Gasteiger partial charge in [-0.2, -0.15) is 0 Å². The fourth-order valence-corrected chi connectivity index (χ4v) is 9.00. The molecule has 6 atom stereocenters. The summed E-state index contributed by atoms with van der Waals surface area (Å²) >= 11 is 0. The van der Waals surface area contributed by atoms with Gasteiger partial charge in [0.1, 0.15) is 0 Å². The third kappa shape index (κ3) is 3.53. The Kier molecular flexibility index (Phi) is 6.75. The lowest BCUT2D eigenvalue weighted by Crippen LogP contribution is -2.55. The highest BCUT2D eigenvalue weighted by molar-refractivity contribution is 5.86. The summed E-state index contributed by atoms with van der Waals surface area (Å²) in [5.41, 5.74) is -1.86. The Morgan fingerprint density at radius 3 is 1.25 bits per heavy atom. The molecule has 0 spiro atoms. The number of hydrogen-bond donors (Lipinski definition) is 2. The van der Waals surface area contributed by atoms with Crippen molar-refractivity contribution in [2.45, 2.75) is 78.4 Å². The van der Waals surface area contributed by atoms with E-state index in [1.54, 1.807) is 0 Å². The molecule has 0 unspecified atom stereocenters. The van der Waals surface area contributed by atoms with Crippen LogP contribution < -0.4 is 0 Å². The highest BCUT2D eigenvalue weighted by Crippen LogP contribution is 2.67. The molecule has 0 aromatic rings. The predicted molar refractivity (Wildman–Crippen MR) is 134 cm³/mol. The maximum atomic E-state index is 13.9. The number of hydrogen-bond acceptors (Lipinski definition) is 6. The van der Waals surface area contributed by atoms with Crippen molar-refractivity contribution >= 4 is 11.8 Å². The van der Waals surface area contributed by atoms with Gasteiger partial charge in [-0.15, -0.1) is 0 Å². The first-order valence-corrected chi connectivity index (χ1v) is 14.1. The Labute approximate surface area is 215 Å². The van der Waals surface area contributed by atoms with Crippen LogP contribution in [-0.2, 0) is 19.1 Å². The smallest absolute Gasteiger partial charge is 0.232 e. The van der Waals surface area contributed by atoms with E-state index in [0.717, 1.165) is 25.7 Å². The first-order valence-electron chi connectivity index (χ1n) is 14.1. The number of aliphatic hydroxyl groups excluding tert-OH is 2. The zero-order chi connectivity index (χ0) is 25.9.